The van der Waals surface area contributed by atoms with E-state index in [0.29, 0.717) is 6.54 Å². The minimum absolute atomic E-state index is 0.139. The SMILES string of the molecule is CN1C[C@@](CO)(CS(=O)(=O)O)C=C2c3cccc4[nH]cc(c34)C[C@H]21. The molecule has 0 unspecified atom stereocenters. The highest BCUT2D eigenvalue weighted by Crippen LogP contribution is 2.43. The molecule has 0 spiro atoms. The minimum atomic E-state index is -4.19. The summed E-state index contributed by atoms with van der Waals surface area (Å²) < 4.78 is 32.3. The third-order valence-corrected chi connectivity index (χ3v) is 6.15. The number of likely N-dealkylation sites (N-methyl/N-ethyl adjacent to an activating group) is 1. The van der Waals surface area contributed by atoms with Crippen LogP contribution in [0.4, 0.5) is 0 Å². The fourth-order valence-corrected chi connectivity index (χ4v) is 5.29. The summed E-state index contributed by atoms with van der Waals surface area (Å²) in [4.78, 5) is 5.36. The van der Waals surface area contributed by atoms with Crippen molar-refractivity contribution in [1.29, 1.82) is 0 Å². The lowest BCUT2D eigenvalue weighted by Gasteiger charge is -2.44. The Hall–Kier alpha value is -1.67. The van der Waals surface area contributed by atoms with E-state index in [9.17, 15) is 18.1 Å². The standard InChI is InChI=1S/C17H20N2O4S/c1-19-8-17(9-20,10-24(21,22)23)6-13-12-3-2-4-14-16(12)11(7-18-14)5-15(13)19/h2-4,6-7,15,18,20H,5,8-10H2,1H3,(H,21,22,23)/t15-,17+/m1/s1. The van der Waals surface area contributed by atoms with Gasteiger partial charge in [-0.1, -0.05) is 18.2 Å². The van der Waals surface area contributed by atoms with Gasteiger partial charge in [0, 0.05) is 35.1 Å². The van der Waals surface area contributed by atoms with Crippen molar-refractivity contribution in [3.05, 3.63) is 41.6 Å². The quantitative estimate of drug-likeness (QED) is 0.727. The summed E-state index contributed by atoms with van der Waals surface area (Å²) in [5.41, 5.74) is 3.41. The number of aromatic nitrogens is 1. The lowest BCUT2D eigenvalue weighted by Crippen LogP contribution is -2.51. The highest BCUT2D eigenvalue weighted by molar-refractivity contribution is 7.85. The van der Waals surface area contributed by atoms with Crippen molar-refractivity contribution >= 4 is 26.6 Å². The van der Waals surface area contributed by atoms with Crippen molar-refractivity contribution in [3.63, 3.8) is 0 Å². The minimum Gasteiger partial charge on any atom is -0.395 e. The van der Waals surface area contributed by atoms with Gasteiger partial charge in [-0.25, -0.2) is 0 Å². The number of rotatable bonds is 3. The van der Waals surface area contributed by atoms with Gasteiger partial charge < -0.3 is 10.1 Å². The summed E-state index contributed by atoms with van der Waals surface area (Å²) in [6.45, 7) is 0.0521. The Labute approximate surface area is 140 Å². The predicted octanol–water partition coefficient (Wildman–Crippen LogP) is 1.29. The molecule has 4 rings (SSSR count). The van der Waals surface area contributed by atoms with E-state index in [2.05, 4.69) is 9.88 Å². The van der Waals surface area contributed by atoms with Crippen LogP contribution in [0.1, 0.15) is 11.1 Å². The van der Waals surface area contributed by atoms with Crippen LogP contribution in [0.2, 0.25) is 0 Å². The van der Waals surface area contributed by atoms with Gasteiger partial charge in [0.2, 0.25) is 0 Å². The first-order chi connectivity index (χ1) is 11.3. The monoisotopic (exact) mass is 348 g/mol. The summed E-state index contributed by atoms with van der Waals surface area (Å²) in [5, 5.41) is 11.1. The maximum Gasteiger partial charge on any atom is 0.265 e. The number of benzene rings is 1. The molecule has 1 aromatic heterocycles. The summed E-state index contributed by atoms with van der Waals surface area (Å²) in [6, 6.07) is 6.17. The van der Waals surface area contributed by atoms with E-state index < -0.39 is 21.3 Å². The molecule has 0 saturated carbocycles. The van der Waals surface area contributed by atoms with E-state index in [1.54, 1.807) is 0 Å². The van der Waals surface area contributed by atoms with Gasteiger partial charge in [0.15, 0.2) is 0 Å². The number of aliphatic hydroxyl groups excluding tert-OH is 1. The molecule has 0 radical (unpaired) electrons. The molecule has 0 fully saturated rings. The Bertz CT molecular complexity index is 947. The predicted molar refractivity (Wildman–Crippen MR) is 92.3 cm³/mol. The number of aliphatic hydroxyl groups is 1. The first kappa shape index (κ1) is 15.8. The van der Waals surface area contributed by atoms with Crippen LogP contribution < -0.4 is 0 Å². The first-order valence-corrected chi connectivity index (χ1v) is 9.51. The van der Waals surface area contributed by atoms with Crippen molar-refractivity contribution in [1.82, 2.24) is 9.88 Å². The molecule has 1 aliphatic carbocycles. The van der Waals surface area contributed by atoms with Crippen LogP contribution in [-0.4, -0.2) is 60.0 Å². The van der Waals surface area contributed by atoms with Gasteiger partial charge in [0.1, 0.15) is 0 Å². The molecule has 128 valence electrons. The highest BCUT2D eigenvalue weighted by atomic mass is 32.2. The lowest BCUT2D eigenvalue weighted by molar-refractivity contribution is 0.117. The number of nitrogens with one attached hydrogen (secondary N) is 1. The smallest absolute Gasteiger partial charge is 0.265 e. The molecular formula is C17H20N2O4S. The van der Waals surface area contributed by atoms with E-state index >= 15 is 0 Å². The van der Waals surface area contributed by atoms with Crippen molar-refractivity contribution in [2.75, 3.05) is 26.0 Å². The Kier molecular flexibility index (Phi) is 3.41. The zero-order chi connectivity index (χ0) is 17.1. The van der Waals surface area contributed by atoms with Crippen LogP contribution >= 0.6 is 0 Å². The van der Waals surface area contributed by atoms with Crippen LogP contribution in [0, 0.1) is 5.41 Å². The van der Waals surface area contributed by atoms with Gasteiger partial charge in [-0.05, 0) is 36.2 Å². The Balaban J connectivity index is 1.93. The van der Waals surface area contributed by atoms with Crippen LogP contribution in [0.5, 0.6) is 0 Å². The average molecular weight is 348 g/mol. The zero-order valence-corrected chi connectivity index (χ0v) is 14.2. The lowest BCUT2D eigenvalue weighted by atomic mass is 9.75. The maximum atomic E-state index is 11.5. The van der Waals surface area contributed by atoms with E-state index in [1.807, 2.05) is 37.5 Å². The fraction of sp³-hybridized carbons (Fsp3) is 0.412. The van der Waals surface area contributed by atoms with Crippen LogP contribution in [-0.2, 0) is 16.5 Å². The summed E-state index contributed by atoms with van der Waals surface area (Å²) in [6.07, 6.45) is 4.74. The average Bonchev–Trinajstić information content (AvgIpc) is 2.92. The fourth-order valence-electron chi connectivity index (χ4n) is 4.30. The van der Waals surface area contributed by atoms with Crippen molar-refractivity contribution < 1.29 is 18.1 Å². The summed E-state index contributed by atoms with van der Waals surface area (Å²) in [7, 11) is -2.26. The van der Waals surface area contributed by atoms with Gasteiger partial charge in [-0.3, -0.25) is 9.45 Å². The Morgan fingerprint density at radius 3 is 2.92 bits per heavy atom. The second-order valence-electron chi connectivity index (χ2n) is 7.02. The van der Waals surface area contributed by atoms with E-state index in [1.165, 1.54) is 5.56 Å². The highest BCUT2D eigenvalue weighted by Gasteiger charge is 2.42. The van der Waals surface area contributed by atoms with Gasteiger partial charge in [0.05, 0.1) is 12.4 Å². The number of hydrogen-bond donors (Lipinski definition) is 3. The molecule has 0 amide bonds. The Morgan fingerprint density at radius 2 is 2.21 bits per heavy atom. The van der Waals surface area contributed by atoms with E-state index in [-0.39, 0.29) is 12.6 Å². The third-order valence-electron chi connectivity index (χ3n) is 5.21. The van der Waals surface area contributed by atoms with Crippen LogP contribution in [0.25, 0.3) is 16.5 Å². The Morgan fingerprint density at radius 1 is 1.42 bits per heavy atom. The largest absolute Gasteiger partial charge is 0.395 e. The second-order valence-corrected chi connectivity index (χ2v) is 8.48. The second kappa shape index (κ2) is 5.16. The molecule has 0 bridgehead atoms. The number of H-pyrrole nitrogens is 1. The normalized spacial score (nSPS) is 27.1. The molecular weight excluding hydrogens is 328 g/mol. The van der Waals surface area contributed by atoms with Gasteiger partial charge in [-0.2, -0.15) is 8.42 Å². The van der Waals surface area contributed by atoms with Crippen LogP contribution in [0.15, 0.2) is 30.5 Å². The number of fused-ring (bicyclic) bond motifs is 2. The number of nitrogens with zero attached hydrogens (tertiary/aromatic N) is 1. The van der Waals surface area contributed by atoms with Gasteiger partial charge in [0.25, 0.3) is 10.1 Å². The molecule has 6 nitrogen and oxygen atoms in total. The molecule has 7 heteroatoms. The van der Waals surface area contributed by atoms with E-state index in [4.69, 9.17) is 0 Å². The third kappa shape index (κ3) is 2.39. The van der Waals surface area contributed by atoms with Gasteiger partial charge in [-0.15, -0.1) is 0 Å². The molecule has 2 heterocycles. The molecule has 2 aliphatic rings. The van der Waals surface area contributed by atoms with Crippen molar-refractivity contribution in [3.8, 4) is 0 Å². The van der Waals surface area contributed by atoms with Gasteiger partial charge >= 0.3 is 0 Å². The first-order valence-electron chi connectivity index (χ1n) is 7.90. The van der Waals surface area contributed by atoms with Crippen LogP contribution in [0.3, 0.4) is 0 Å². The number of hydrogen-bond acceptors (Lipinski definition) is 4. The molecule has 24 heavy (non-hydrogen) atoms. The molecule has 1 aliphatic heterocycles. The number of aromatic amines is 1. The topological polar surface area (TPSA) is 93.6 Å². The summed E-state index contributed by atoms with van der Waals surface area (Å²) in [5.74, 6) is -0.479. The summed E-state index contributed by atoms with van der Waals surface area (Å²) >= 11 is 0. The zero-order valence-electron chi connectivity index (χ0n) is 13.4. The van der Waals surface area contributed by atoms with E-state index in [0.717, 1.165) is 28.5 Å². The van der Waals surface area contributed by atoms with Crippen molar-refractivity contribution in [2.45, 2.75) is 12.5 Å². The molecule has 2 aromatic rings. The molecule has 1 aromatic carbocycles. The van der Waals surface area contributed by atoms with Crippen molar-refractivity contribution in [2.24, 2.45) is 5.41 Å². The maximum absolute atomic E-state index is 11.5. The molecule has 0 saturated heterocycles. The molecule has 3 N–H and O–H groups in total. The molecule has 2 atom stereocenters.